The number of aryl methyl sites for hydroxylation is 2. The third-order valence-corrected chi connectivity index (χ3v) is 2.97. The van der Waals surface area contributed by atoms with Gasteiger partial charge in [-0.2, -0.15) is 5.10 Å². The molecule has 4 nitrogen and oxygen atoms in total. The van der Waals surface area contributed by atoms with E-state index in [-0.39, 0.29) is 5.69 Å². The number of aromatic nitrogens is 2. The molecular formula is C14H16N2O2. The number of rotatable bonds is 4. The summed E-state index contributed by atoms with van der Waals surface area (Å²) in [6.07, 6.45) is 1.64. The third-order valence-electron chi connectivity index (χ3n) is 2.97. The Morgan fingerprint density at radius 2 is 2.00 bits per heavy atom. The first-order chi connectivity index (χ1) is 8.67. The van der Waals surface area contributed by atoms with E-state index in [0.717, 1.165) is 29.8 Å². The van der Waals surface area contributed by atoms with E-state index in [4.69, 9.17) is 5.11 Å². The molecule has 18 heavy (non-hydrogen) atoms. The van der Waals surface area contributed by atoms with Gasteiger partial charge in [0, 0.05) is 5.69 Å². The van der Waals surface area contributed by atoms with E-state index in [9.17, 15) is 4.79 Å². The lowest BCUT2D eigenvalue weighted by atomic mass is 10.1. The number of nitrogens with zero attached hydrogens (tertiary/aromatic N) is 2. The van der Waals surface area contributed by atoms with Crippen molar-refractivity contribution < 1.29 is 9.90 Å². The van der Waals surface area contributed by atoms with Crippen LogP contribution in [-0.2, 0) is 12.8 Å². The van der Waals surface area contributed by atoms with Crippen molar-refractivity contribution in [3.63, 3.8) is 0 Å². The second-order valence-electron chi connectivity index (χ2n) is 4.07. The van der Waals surface area contributed by atoms with Crippen LogP contribution in [0.2, 0.25) is 0 Å². The van der Waals surface area contributed by atoms with Crippen molar-refractivity contribution in [3.8, 4) is 5.69 Å². The van der Waals surface area contributed by atoms with E-state index in [0.29, 0.717) is 0 Å². The molecule has 0 atom stereocenters. The van der Waals surface area contributed by atoms with Crippen LogP contribution in [-0.4, -0.2) is 20.9 Å². The van der Waals surface area contributed by atoms with Crippen LogP contribution in [0.1, 0.15) is 35.6 Å². The fourth-order valence-corrected chi connectivity index (χ4v) is 2.00. The maximum atomic E-state index is 11.0. The zero-order chi connectivity index (χ0) is 13.1. The van der Waals surface area contributed by atoms with Gasteiger partial charge in [-0.05, 0) is 30.5 Å². The smallest absolute Gasteiger partial charge is 0.356 e. The average molecular weight is 244 g/mol. The van der Waals surface area contributed by atoms with Gasteiger partial charge in [-0.15, -0.1) is 0 Å². The minimum Gasteiger partial charge on any atom is -0.476 e. The van der Waals surface area contributed by atoms with Crippen LogP contribution >= 0.6 is 0 Å². The van der Waals surface area contributed by atoms with E-state index >= 15 is 0 Å². The zero-order valence-electron chi connectivity index (χ0n) is 10.6. The lowest BCUT2D eigenvalue weighted by Crippen LogP contribution is -2.06. The highest BCUT2D eigenvalue weighted by Crippen LogP contribution is 2.18. The van der Waals surface area contributed by atoms with Crippen LogP contribution in [0.5, 0.6) is 0 Å². The number of benzene rings is 1. The molecule has 2 rings (SSSR count). The zero-order valence-corrected chi connectivity index (χ0v) is 10.6. The molecule has 2 aromatic rings. The highest BCUT2D eigenvalue weighted by Gasteiger charge is 2.14. The largest absolute Gasteiger partial charge is 0.476 e. The number of hydrogen-bond donors (Lipinski definition) is 1. The maximum Gasteiger partial charge on any atom is 0.356 e. The molecule has 0 aliphatic rings. The van der Waals surface area contributed by atoms with Crippen molar-refractivity contribution in [2.24, 2.45) is 0 Å². The lowest BCUT2D eigenvalue weighted by molar-refractivity contribution is 0.0690. The first-order valence-electron chi connectivity index (χ1n) is 6.07. The van der Waals surface area contributed by atoms with Gasteiger partial charge in [0.05, 0.1) is 5.69 Å². The number of carboxylic acids is 1. The highest BCUT2D eigenvalue weighted by molar-refractivity contribution is 5.85. The van der Waals surface area contributed by atoms with Crippen LogP contribution in [0.3, 0.4) is 0 Å². The van der Waals surface area contributed by atoms with E-state index in [1.165, 1.54) is 0 Å². The Balaban J connectivity index is 2.59. The van der Waals surface area contributed by atoms with Gasteiger partial charge in [0.25, 0.3) is 0 Å². The molecule has 0 aliphatic heterocycles. The lowest BCUT2D eigenvalue weighted by Gasteiger charge is -2.10. The van der Waals surface area contributed by atoms with Crippen LogP contribution in [0.15, 0.2) is 30.3 Å². The van der Waals surface area contributed by atoms with E-state index in [1.807, 2.05) is 31.2 Å². The summed E-state index contributed by atoms with van der Waals surface area (Å²) in [5.74, 6) is -0.988. The minimum atomic E-state index is -0.988. The molecule has 1 heterocycles. The van der Waals surface area contributed by atoms with Crippen molar-refractivity contribution in [2.45, 2.75) is 26.7 Å². The first-order valence-corrected chi connectivity index (χ1v) is 6.07. The van der Waals surface area contributed by atoms with Crippen LogP contribution in [0.4, 0.5) is 0 Å². The summed E-state index contributed by atoms with van der Waals surface area (Å²) in [5.41, 5.74) is 3.13. The molecule has 0 radical (unpaired) electrons. The summed E-state index contributed by atoms with van der Waals surface area (Å²) in [6, 6.07) is 9.56. The first kappa shape index (κ1) is 12.4. The Hall–Kier alpha value is -2.10. The van der Waals surface area contributed by atoms with Gasteiger partial charge in [0.15, 0.2) is 5.69 Å². The molecule has 0 bridgehead atoms. The van der Waals surface area contributed by atoms with Crippen molar-refractivity contribution >= 4 is 5.97 Å². The highest BCUT2D eigenvalue weighted by atomic mass is 16.4. The van der Waals surface area contributed by atoms with E-state index < -0.39 is 5.97 Å². The van der Waals surface area contributed by atoms with Crippen molar-refractivity contribution in [1.29, 1.82) is 0 Å². The molecule has 0 unspecified atom stereocenters. The van der Waals surface area contributed by atoms with Gasteiger partial charge in [-0.25, -0.2) is 9.48 Å². The fourth-order valence-electron chi connectivity index (χ4n) is 2.00. The maximum absolute atomic E-state index is 11.0. The molecule has 4 heteroatoms. The fraction of sp³-hybridized carbons (Fsp3) is 0.286. The molecule has 0 spiro atoms. The van der Waals surface area contributed by atoms with Crippen molar-refractivity contribution in [1.82, 2.24) is 9.78 Å². The Labute approximate surface area is 106 Å². The quantitative estimate of drug-likeness (QED) is 0.899. The second-order valence-corrected chi connectivity index (χ2v) is 4.07. The molecule has 0 amide bonds. The summed E-state index contributed by atoms with van der Waals surface area (Å²) in [5, 5.41) is 13.2. The second kappa shape index (κ2) is 5.04. The normalized spacial score (nSPS) is 10.6. The molecule has 1 aromatic carbocycles. The predicted molar refractivity (Wildman–Crippen MR) is 69.3 cm³/mol. The SMILES string of the molecule is CCc1ccccc1-n1nc(C(=O)O)cc1CC. The molecule has 0 saturated heterocycles. The summed E-state index contributed by atoms with van der Waals surface area (Å²) in [4.78, 5) is 11.0. The van der Waals surface area contributed by atoms with Gasteiger partial charge in [0.1, 0.15) is 0 Å². The molecular weight excluding hydrogens is 228 g/mol. The summed E-state index contributed by atoms with van der Waals surface area (Å²) in [6.45, 7) is 4.07. The molecule has 1 aromatic heterocycles. The van der Waals surface area contributed by atoms with Crippen molar-refractivity contribution in [3.05, 3.63) is 47.3 Å². The van der Waals surface area contributed by atoms with Gasteiger partial charge in [-0.3, -0.25) is 0 Å². The molecule has 0 saturated carbocycles. The standard InChI is InChI=1S/C14H16N2O2/c1-3-10-7-5-6-8-13(10)16-11(4-2)9-12(15-16)14(17)18/h5-9H,3-4H2,1-2H3,(H,17,18). The van der Waals surface area contributed by atoms with Crippen LogP contribution in [0.25, 0.3) is 5.69 Å². The predicted octanol–water partition coefficient (Wildman–Crippen LogP) is 2.70. The number of aromatic carboxylic acids is 1. The van der Waals surface area contributed by atoms with Gasteiger partial charge in [-0.1, -0.05) is 32.0 Å². The van der Waals surface area contributed by atoms with Crippen LogP contribution in [0, 0.1) is 0 Å². The van der Waals surface area contributed by atoms with Crippen LogP contribution < -0.4 is 0 Å². The molecule has 0 aliphatic carbocycles. The minimum absolute atomic E-state index is 0.0951. The number of hydrogen-bond acceptors (Lipinski definition) is 2. The molecule has 1 N–H and O–H groups in total. The summed E-state index contributed by atoms with van der Waals surface area (Å²) < 4.78 is 1.74. The van der Waals surface area contributed by atoms with E-state index in [2.05, 4.69) is 12.0 Å². The van der Waals surface area contributed by atoms with E-state index in [1.54, 1.807) is 10.7 Å². The van der Waals surface area contributed by atoms with Gasteiger partial charge < -0.3 is 5.11 Å². The third kappa shape index (κ3) is 2.14. The number of carbonyl (C=O) groups is 1. The Morgan fingerprint density at radius 3 is 2.61 bits per heavy atom. The number of carboxylic acid groups (broad SMARTS) is 1. The monoisotopic (exact) mass is 244 g/mol. The van der Waals surface area contributed by atoms with Crippen molar-refractivity contribution in [2.75, 3.05) is 0 Å². The number of para-hydroxylation sites is 1. The summed E-state index contributed by atoms with van der Waals surface area (Å²) in [7, 11) is 0. The Morgan fingerprint density at radius 1 is 1.28 bits per heavy atom. The Bertz CT molecular complexity index is 573. The topological polar surface area (TPSA) is 55.1 Å². The van der Waals surface area contributed by atoms with Gasteiger partial charge >= 0.3 is 5.97 Å². The molecule has 94 valence electrons. The van der Waals surface area contributed by atoms with Gasteiger partial charge in [0.2, 0.25) is 0 Å². The average Bonchev–Trinajstić information content (AvgIpc) is 2.82. The Kier molecular flexibility index (Phi) is 3.46. The summed E-state index contributed by atoms with van der Waals surface area (Å²) >= 11 is 0. The molecule has 0 fully saturated rings.